The molecular weight excluding hydrogens is 306 g/mol. The van der Waals surface area contributed by atoms with Crippen LogP contribution in [-0.4, -0.2) is 55.7 Å². The summed E-state index contributed by atoms with van der Waals surface area (Å²) in [6.45, 7) is 7.50. The minimum Gasteiger partial charge on any atom is -0.496 e. The molecule has 0 saturated carbocycles. The molecule has 2 atom stereocenters. The fourth-order valence-electron chi connectivity index (χ4n) is 2.92. The Balaban J connectivity index is 1.95. The third kappa shape index (κ3) is 4.80. The van der Waals surface area contributed by atoms with Crippen molar-refractivity contribution in [3.05, 3.63) is 29.8 Å². The van der Waals surface area contributed by atoms with Crippen molar-refractivity contribution in [3.63, 3.8) is 0 Å². The molecule has 0 radical (unpaired) electrons. The second-order valence-electron chi connectivity index (χ2n) is 5.92. The third-order valence-electron chi connectivity index (χ3n) is 4.34. The van der Waals surface area contributed by atoms with Crippen molar-refractivity contribution in [2.45, 2.75) is 31.4 Å². The quantitative estimate of drug-likeness (QED) is 0.662. The van der Waals surface area contributed by atoms with Gasteiger partial charge in [0.15, 0.2) is 5.96 Å². The first-order chi connectivity index (χ1) is 11.2. The minimum atomic E-state index is 0.365. The Morgan fingerprint density at radius 2 is 2.26 bits per heavy atom. The fraction of sp³-hybridized carbons (Fsp3) is 0.611. The van der Waals surface area contributed by atoms with E-state index in [9.17, 15) is 0 Å². The van der Waals surface area contributed by atoms with Crippen molar-refractivity contribution in [3.8, 4) is 5.75 Å². The summed E-state index contributed by atoms with van der Waals surface area (Å²) in [6.07, 6.45) is 1.22. The average Bonchev–Trinajstić information content (AvgIpc) is 2.62. The van der Waals surface area contributed by atoms with Gasteiger partial charge in [-0.2, -0.15) is 11.8 Å². The first-order valence-electron chi connectivity index (χ1n) is 8.39. The molecule has 0 amide bonds. The molecule has 128 valence electrons. The van der Waals surface area contributed by atoms with Crippen LogP contribution in [0.5, 0.6) is 5.75 Å². The molecule has 2 rings (SSSR count). The zero-order chi connectivity index (χ0) is 16.7. The summed E-state index contributed by atoms with van der Waals surface area (Å²) < 4.78 is 5.47. The Morgan fingerprint density at radius 1 is 1.48 bits per heavy atom. The summed E-state index contributed by atoms with van der Waals surface area (Å²) in [5.41, 5.74) is 1.23. The van der Waals surface area contributed by atoms with E-state index in [0.717, 1.165) is 31.3 Å². The van der Waals surface area contributed by atoms with Crippen LogP contribution in [0.4, 0.5) is 0 Å². The number of nitrogens with zero attached hydrogens (tertiary/aromatic N) is 2. The topological polar surface area (TPSA) is 36.9 Å². The monoisotopic (exact) mass is 335 g/mol. The van der Waals surface area contributed by atoms with E-state index in [0.29, 0.717) is 11.2 Å². The Morgan fingerprint density at radius 3 is 2.96 bits per heavy atom. The van der Waals surface area contributed by atoms with E-state index in [1.165, 1.54) is 17.7 Å². The first kappa shape index (κ1) is 18.0. The Hall–Kier alpha value is -1.36. The second-order valence-corrected chi connectivity index (χ2v) is 7.33. The molecule has 1 aromatic carbocycles. The number of ether oxygens (including phenoxy) is 1. The van der Waals surface area contributed by atoms with E-state index < -0.39 is 0 Å². The molecule has 1 fully saturated rings. The second kappa shape index (κ2) is 9.06. The number of methoxy groups -OCH3 is 1. The predicted molar refractivity (Wildman–Crippen MR) is 101 cm³/mol. The summed E-state index contributed by atoms with van der Waals surface area (Å²) in [5, 5.41) is 4.26. The van der Waals surface area contributed by atoms with E-state index >= 15 is 0 Å². The van der Waals surface area contributed by atoms with Gasteiger partial charge in [0.2, 0.25) is 0 Å². The summed E-state index contributed by atoms with van der Waals surface area (Å²) >= 11 is 2.08. The lowest BCUT2D eigenvalue weighted by Gasteiger charge is -2.34. The Kier molecular flexibility index (Phi) is 7.09. The highest BCUT2D eigenvalue weighted by atomic mass is 32.2. The smallest absolute Gasteiger partial charge is 0.193 e. The molecule has 1 N–H and O–H groups in total. The van der Waals surface area contributed by atoms with Crippen LogP contribution in [0.1, 0.15) is 31.7 Å². The molecule has 4 nitrogen and oxygen atoms in total. The number of guanidine groups is 1. The highest BCUT2D eigenvalue weighted by Gasteiger charge is 2.22. The highest BCUT2D eigenvalue weighted by Crippen LogP contribution is 2.26. The van der Waals surface area contributed by atoms with Gasteiger partial charge >= 0.3 is 0 Å². The predicted octanol–water partition coefficient (Wildman–Crippen LogP) is 3.20. The number of hydrogen-bond donors (Lipinski definition) is 1. The molecule has 1 saturated heterocycles. The lowest BCUT2D eigenvalue weighted by molar-refractivity contribution is 0.400. The van der Waals surface area contributed by atoms with Gasteiger partial charge in [-0.25, -0.2) is 0 Å². The lowest BCUT2D eigenvalue weighted by Crippen LogP contribution is -2.48. The number of aliphatic imine (C=N–C) groups is 1. The summed E-state index contributed by atoms with van der Waals surface area (Å²) in [7, 11) is 3.60. The molecule has 1 aromatic rings. The van der Waals surface area contributed by atoms with Crippen molar-refractivity contribution in [1.29, 1.82) is 0 Å². The molecule has 0 bridgehead atoms. The maximum Gasteiger partial charge on any atom is 0.193 e. The average molecular weight is 336 g/mol. The number of nitrogens with one attached hydrogen (secondary N) is 1. The molecule has 1 heterocycles. The van der Waals surface area contributed by atoms with E-state index in [2.05, 4.69) is 53.0 Å². The van der Waals surface area contributed by atoms with E-state index in [-0.39, 0.29) is 0 Å². The molecular formula is C18H29N3OS. The summed E-state index contributed by atoms with van der Waals surface area (Å²) in [4.78, 5) is 6.87. The molecule has 0 aromatic heterocycles. The maximum atomic E-state index is 5.47. The number of thioether (sulfide) groups is 1. The van der Waals surface area contributed by atoms with Crippen LogP contribution in [0, 0.1) is 0 Å². The van der Waals surface area contributed by atoms with Crippen LogP contribution in [0.3, 0.4) is 0 Å². The molecule has 0 spiro atoms. The SMILES string of the molecule is CCC1CN(C(=NC)NCC(C)c2ccccc2OC)CCS1. The number of hydrogen-bond acceptors (Lipinski definition) is 3. The first-order valence-corrected chi connectivity index (χ1v) is 9.44. The minimum absolute atomic E-state index is 0.365. The van der Waals surface area contributed by atoms with E-state index in [1.807, 2.05) is 19.2 Å². The van der Waals surface area contributed by atoms with Crippen molar-refractivity contribution >= 4 is 17.7 Å². The summed E-state index contributed by atoms with van der Waals surface area (Å²) in [6, 6.07) is 8.24. The standard InChI is InChI=1S/C18H29N3OS/c1-5-15-13-21(10-11-23-15)18(19-3)20-12-14(2)16-8-6-7-9-17(16)22-4/h6-9,14-15H,5,10-13H2,1-4H3,(H,19,20). The van der Waals surface area contributed by atoms with Crippen molar-refractivity contribution in [2.75, 3.05) is 39.5 Å². The summed E-state index contributed by atoms with van der Waals surface area (Å²) in [5.74, 6) is 3.52. The van der Waals surface area contributed by atoms with Gasteiger partial charge in [0, 0.05) is 43.6 Å². The van der Waals surface area contributed by atoms with Crippen molar-refractivity contribution in [2.24, 2.45) is 4.99 Å². The van der Waals surface area contributed by atoms with Crippen molar-refractivity contribution < 1.29 is 4.74 Å². The van der Waals surface area contributed by atoms with Crippen LogP contribution in [-0.2, 0) is 0 Å². The zero-order valence-corrected chi connectivity index (χ0v) is 15.5. The van der Waals surface area contributed by atoms with Gasteiger partial charge in [0.1, 0.15) is 5.75 Å². The molecule has 5 heteroatoms. The van der Waals surface area contributed by atoms with Crippen LogP contribution < -0.4 is 10.1 Å². The van der Waals surface area contributed by atoms with Crippen LogP contribution in [0.2, 0.25) is 0 Å². The Bertz CT molecular complexity index is 521. The van der Waals surface area contributed by atoms with E-state index in [4.69, 9.17) is 4.74 Å². The highest BCUT2D eigenvalue weighted by molar-refractivity contribution is 8.00. The largest absolute Gasteiger partial charge is 0.496 e. The van der Waals surface area contributed by atoms with E-state index in [1.54, 1.807) is 7.11 Å². The van der Waals surface area contributed by atoms with Gasteiger partial charge in [0.05, 0.1) is 7.11 Å². The zero-order valence-electron chi connectivity index (χ0n) is 14.7. The molecule has 1 aliphatic rings. The van der Waals surface area contributed by atoms with Gasteiger partial charge < -0.3 is 15.0 Å². The molecule has 2 unspecified atom stereocenters. The van der Waals surface area contributed by atoms with Crippen molar-refractivity contribution in [1.82, 2.24) is 10.2 Å². The molecule has 0 aliphatic carbocycles. The molecule has 1 aliphatic heterocycles. The normalized spacial score (nSPS) is 20.3. The van der Waals surface area contributed by atoms with Crippen LogP contribution >= 0.6 is 11.8 Å². The van der Waals surface area contributed by atoms with Crippen LogP contribution in [0.15, 0.2) is 29.3 Å². The van der Waals surface area contributed by atoms with Crippen LogP contribution in [0.25, 0.3) is 0 Å². The number of rotatable bonds is 5. The van der Waals surface area contributed by atoms with Gasteiger partial charge in [-0.3, -0.25) is 4.99 Å². The van der Waals surface area contributed by atoms with Gasteiger partial charge in [0.25, 0.3) is 0 Å². The van der Waals surface area contributed by atoms with Gasteiger partial charge in [-0.1, -0.05) is 32.0 Å². The maximum absolute atomic E-state index is 5.47. The van der Waals surface area contributed by atoms with Gasteiger partial charge in [-0.15, -0.1) is 0 Å². The third-order valence-corrected chi connectivity index (χ3v) is 5.71. The lowest BCUT2D eigenvalue weighted by atomic mass is 10.0. The number of para-hydroxylation sites is 1. The van der Waals surface area contributed by atoms with Gasteiger partial charge in [-0.05, 0) is 18.1 Å². The molecule has 23 heavy (non-hydrogen) atoms. The Labute approximate surface area is 144 Å². The number of benzene rings is 1. The fourth-order valence-corrected chi connectivity index (χ4v) is 4.10.